The van der Waals surface area contributed by atoms with Crippen LogP contribution in [0.2, 0.25) is 0 Å². The first-order valence-corrected chi connectivity index (χ1v) is 8.60. The summed E-state index contributed by atoms with van der Waals surface area (Å²) in [6, 6.07) is 15.3. The number of carbonyl (C=O) groups is 1. The highest BCUT2D eigenvalue weighted by molar-refractivity contribution is 9.10. The SMILES string of the molecule is O=C(N/N=C\c1ccc(Br)cc1)c1cnn(-c2ccc(Br)cc2)c1. The van der Waals surface area contributed by atoms with Gasteiger partial charge in [-0.25, -0.2) is 10.1 Å². The average Bonchev–Trinajstić information content (AvgIpc) is 3.07. The summed E-state index contributed by atoms with van der Waals surface area (Å²) in [6.45, 7) is 0. The highest BCUT2D eigenvalue weighted by atomic mass is 79.9. The van der Waals surface area contributed by atoms with Crippen LogP contribution in [0, 0.1) is 0 Å². The number of hydrazone groups is 1. The van der Waals surface area contributed by atoms with Crippen LogP contribution in [0.4, 0.5) is 0 Å². The number of nitrogens with one attached hydrogen (secondary N) is 1. The number of amides is 1. The second kappa shape index (κ2) is 7.55. The molecule has 1 heterocycles. The molecule has 1 amide bonds. The highest BCUT2D eigenvalue weighted by Gasteiger charge is 2.08. The summed E-state index contributed by atoms with van der Waals surface area (Å²) in [5, 5.41) is 8.15. The van der Waals surface area contributed by atoms with E-state index in [9.17, 15) is 4.79 Å². The summed E-state index contributed by atoms with van der Waals surface area (Å²) in [5.41, 5.74) is 4.69. The van der Waals surface area contributed by atoms with Gasteiger partial charge in [0.2, 0.25) is 0 Å². The quantitative estimate of drug-likeness (QED) is 0.482. The average molecular weight is 448 g/mol. The van der Waals surface area contributed by atoms with E-state index in [1.807, 2.05) is 48.5 Å². The molecule has 0 aliphatic heterocycles. The van der Waals surface area contributed by atoms with Gasteiger partial charge in [-0.15, -0.1) is 0 Å². The van der Waals surface area contributed by atoms with E-state index in [0.717, 1.165) is 20.2 Å². The van der Waals surface area contributed by atoms with Crippen molar-refractivity contribution in [3.05, 3.63) is 81.0 Å². The van der Waals surface area contributed by atoms with Crippen molar-refractivity contribution in [3.8, 4) is 5.69 Å². The van der Waals surface area contributed by atoms with E-state index in [1.165, 1.54) is 6.20 Å². The Morgan fingerprint density at radius 1 is 1.04 bits per heavy atom. The maximum absolute atomic E-state index is 12.1. The van der Waals surface area contributed by atoms with Gasteiger partial charge in [-0.1, -0.05) is 44.0 Å². The Bertz CT molecular complexity index is 870. The van der Waals surface area contributed by atoms with Gasteiger partial charge in [-0.05, 0) is 42.0 Å². The van der Waals surface area contributed by atoms with Crippen molar-refractivity contribution in [3.63, 3.8) is 0 Å². The number of nitrogens with zero attached hydrogens (tertiary/aromatic N) is 3. The third-order valence-corrected chi connectivity index (χ3v) is 4.24. The predicted molar refractivity (Wildman–Crippen MR) is 100 cm³/mol. The molecule has 0 atom stereocenters. The molecule has 5 nitrogen and oxygen atoms in total. The Hall–Kier alpha value is -2.25. The minimum atomic E-state index is -0.313. The van der Waals surface area contributed by atoms with Crippen LogP contribution < -0.4 is 5.43 Å². The van der Waals surface area contributed by atoms with Crippen LogP contribution in [0.25, 0.3) is 5.69 Å². The van der Waals surface area contributed by atoms with Gasteiger partial charge in [0, 0.05) is 15.1 Å². The van der Waals surface area contributed by atoms with Crippen molar-refractivity contribution in [1.82, 2.24) is 15.2 Å². The number of aromatic nitrogens is 2. The minimum Gasteiger partial charge on any atom is -0.267 e. The number of rotatable bonds is 4. The molecule has 1 N–H and O–H groups in total. The Morgan fingerprint density at radius 2 is 1.67 bits per heavy atom. The van der Waals surface area contributed by atoms with Crippen molar-refractivity contribution in [2.75, 3.05) is 0 Å². The van der Waals surface area contributed by atoms with Crippen LogP contribution in [0.1, 0.15) is 15.9 Å². The predicted octanol–water partition coefficient (Wildman–Crippen LogP) is 4.16. The van der Waals surface area contributed by atoms with Crippen molar-refractivity contribution >= 4 is 44.0 Å². The van der Waals surface area contributed by atoms with Gasteiger partial charge in [-0.3, -0.25) is 4.79 Å². The van der Waals surface area contributed by atoms with Gasteiger partial charge in [0.1, 0.15) is 0 Å². The highest BCUT2D eigenvalue weighted by Crippen LogP contribution is 2.14. The van der Waals surface area contributed by atoms with Gasteiger partial charge in [-0.2, -0.15) is 10.2 Å². The molecule has 0 radical (unpaired) electrons. The second-order valence-electron chi connectivity index (χ2n) is 4.90. The molecule has 3 rings (SSSR count). The fourth-order valence-electron chi connectivity index (χ4n) is 1.95. The molecule has 0 fully saturated rings. The molecule has 3 aromatic rings. The molecule has 120 valence electrons. The van der Waals surface area contributed by atoms with E-state index in [0.29, 0.717) is 5.56 Å². The Balaban J connectivity index is 1.65. The number of halogens is 2. The normalized spacial score (nSPS) is 10.9. The lowest BCUT2D eigenvalue weighted by Crippen LogP contribution is -2.16. The van der Waals surface area contributed by atoms with E-state index in [2.05, 4.69) is 47.5 Å². The molecule has 7 heteroatoms. The van der Waals surface area contributed by atoms with Crippen molar-refractivity contribution in [2.24, 2.45) is 5.10 Å². The van der Waals surface area contributed by atoms with E-state index >= 15 is 0 Å². The summed E-state index contributed by atoms with van der Waals surface area (Å²) in [5.74, 6) is -0.313. The zero-order valence-electron chi connectivity index (χ0n) is 12.4. The lowest BCUT2D eigenvalue weighted by atomic mass is 10.2. The first kappa shape index (κ1) is 16.6. The molecule has 0 saturated carbocycles. The molecular weight excluding hydrogens is 436 g/mol. The first-order valence-electron chi connectivity index (χ1n) is 7.01. The van der Waals surface area contributed by atoms with E-state index in [1.54, 1.807) is 17.1 Å². The molecule has 1 aromatic heterocycles. The molecule has 2 aromatic carbocycles. The lowest BCUT2D eigenvalue weighted by Gasteiger charge is -2.00. The maximum Gasteiger partial charge on any atom is 0.274 e. The molecule has 0 saturated heterocycles. The fraction of sp³-hybridized carbons (Fsp3) is 0. The number of benzene rings is 2. The molecule has 0 spiro atoms. The van der Waals surface area contributed by atoms with Gasteiger partial charge < -0.3 is 0 Å². The summed E-state index contributed by atoms with van der Waals surface area (Å²) < 4.78 is 3.61. The first-order chi connectivity index (χ1) is 11.6. The van der Waals surface area contributed by atoms with Crippen molar-refractivity contribution < 1.29 is 4.79 Å². The van der Waals surface area contributed by atoms with Gasteiger partial charge in [0.15, 0.2) is 0 Å². The van der Waals surface area contributed by atoms with Crippen LogP contribution in [0.5, 0.6) is 0 Å². The lowest BCUT2D eigenvalue weighted by molar-refractivity contribution is 0.0955. The van der Waals surface area contributed by atoms with Crippen LogP contribution in [-0.4, -0.2) is 21.9 Å². The third-order valence-electron chi connectivity index (χ3n) is 3.19. The molecule has 24 heavy (non-hydrogen) atoms. The van der Waals surface area contributed by atoms with Gasteiger partial charge >= 0.3 is 0 Å². The largest absolute Gasteiger partial charge is 0.274 e. The molecule has 0 unspecified atom stereocenters. The van der Waals surface area contributed by atoms with Crippen molar-refractivity contribution in [2.45, 2.75) is 0 Å². The third kappa shape index (κ3) is 4.18. The maximum atomic E-state index is 12.1. The number of hydrogen-bond acceptors (Lipinski definition) is 3. The van der Waals surface area contributed by atoms with Crippen LogP contribution in [0.15, 0.2) is 75.0 Å². The number of hydrogen-bond donors (Lipinski definition) is 1. The van der Waals surface area contributed by atoms with E-state index in [-0.39, 0.29) is 5.91 Å². The standard InChI is InChI=1S/C17H12Br2N4O/c18-14-3-1-12(2-4-14)9-20-22-17(24)13-10-21-23(11-13)16-7-5-15(19)6-8-16/h1-11H,(H,22,24)/b20-9-. The monoisotopic (exact) mass is 446 g/mol. The summed E-state index contributed by atoms with van der Waals surface area (Å²) in [6.07, 6.45) is 4.75. The topological polar surface area (TPSA) is 59.3 Å². The second-order valence-corrected chi connectivity index (χ2v) is 6.73. The van der Waals surface area contributed by atoms with Gasteiger partial charge in [0.25, 0.3) is 5.91 Å². The zero-order chi connectivity index (χ0) is 16.9. The van der Waals surface area contributed by atoms with Gasteiger partial charge in [0.05, 0.1) is 23.7 Å². The fourth-order valence-corrected chi connectivity index (χ4v) is 2.48. The minimum absolute atomic E-state index is 0.313. The Labute approximate surface area is 155 Å². The Morgan fingerprint density at radius 3 is 2.33 bits per heavy atom. The molecule has 0 aliphatic rings. The summed E-state index contributed by atoms with van der Waals surface area (Å²) in [7, 11) is 0. The van der Waals surface area contributed by atoms with Crippen LogP contribution in [0.3, 0.4) is 0 Å². The molecule has 0 bridgehead atoms. The molecular formula is C17H12Br2N4O. The Kier molecular flexibility index (Phi) is 5.22. The van der Waals surface area contributed by atoms with Crippen molar-refractivity contribution in [1.29, 1.82) is 0 Å². The smallest absolute Gasteiger partial charge is 0.267 e. The van der Waals surface area contributed by atoms with Crippen LogP contribution >= 0.6 is 31.9 Å². The number of carbonyl (C=O) groups excluding carboxylic acids is 1. The zero-order valence-corrected chi connectivity index (χ0v) is 15.5. The van der Waals surface area contributed by atoms with Crippen LogP contribution in [-0.2, 0) is 0 Å². The summed E-state index contributed by atoms with van der Waals surface area (Å²) >= 11 is 6.75. The van der Waals surface area contributed by atoms with E-state index in [4.69, 9.17) is 0 Å². The summed E-state index contributed by atoms with van der Waals surface area (Å²) in [4.78, 5) is 12.1. The molecule has 0 aliphatic carbocycles. The van der Waals surface area contributed by atoms with E-state index < -0.39 is 0 Å².